The fourth-order valence-electron chi connectivity index (χ4n) is 2.08. The largest absolute Gasteiger partial charge is 0.455 e. The SMILES string of the molecule is Cc1cc(N[C]=O)ncc1Oc1ccnc(-c2cnn(C)c2)c1. The Labute approximate surface area is 133 Å². The molecule has 0 bridgehead atoms. The summed E-state index contributed by atoms with van der Waals surface area (Å²) in [5, 5.41) is 6.52. The molecule has 0 aromatic carbocycles. The second kappa shape index (κ2) is 6.27. The van der Waals surface area contributed by atoms with Gasteiger partial charge >= 0.3 is 6.41 Å². The van der Waals surface area contributed by atoms with Crippen LogP contribution in [0.1, 0.15) is 5.56 Å². The highest BCUT2D eigenvalue weighted by molar-refractivity contribution is 5.70. The van der Waals surface area contributed by atoms with Crippen LogP contribution in [0.3, 0.4) is 0 Å². The summed E-state index contributed by atoms with van der Waals surface area (Å²) >= 11 is 0. The van der Waals surface area contributed by atoms with Crippen LogP contribution in [0.5, 0.6) is 11.5 Å². The van der Waals surface area contributed by atoms with Gasteiger partial charge in [0, 0.05) is 31.1 Å². The topological polar surface area (TPSA) is 81.9 Å². The van der Waals surface area contributed by atoms with Gasteiger partial charge in [0.2, 0.25) is 0 Å². The Bertz CT molecular complexity index is 844. The maximum absolute atomic E-state index is 10.3. The standard InChI is InChI=1S/C16H14N5O2/c1-11-5-16(19-10-22)18-8-15(11)23-13-3-4-17-14(6-13)12-7-20-21(2)9-12/h3-9H,1-2H3,(H,18,19,22). The van der Waals surface area contributed by atoms with Gasteiger partial charge in [0.1, 0.15) is 17.3 Å². The number of pyridine rings is 2. The number of hydrogen-bond acceptors (Lipinski definition) is 5. The van der Waals surface area contributed by atoms with Gasteiger partial charge < -0.3 is 10.1 Å². The Balaban J connectivity index is 1.84. The van der Waals surface area contributed by atoms with Gasteiger partial charge in [-0.15, -0.1) is 0 Å². The van der Waals surface area contributed by atoms with Crippen LogP contribution in [0.25, 0.3) is 11.3 Å². The van der Waals surface area contributed by atoms with E-state index in [-0.39, 0.29) is 0 Å². The van der Waals surface area contributed by atoms with Crippen molar-refractivity contribution in [3.63, 3.8) is 0 Å². The molecule has 3 rings (SSSR count). The number of nitrogens with one attached hydrogen (secondary N) is 1. The molecule has 1 N–H and O–H groups in total. The van der Waals surface area contributed by atoms with Crippen LogP contribution in [-0.4, -0.2) is 26.2 Å². The third-order valence-corrected chi connectivity index (χ3v) is 3.20. The quantitative estimate of drug-likeness (QED) is 0.732. The number of amides is 1. The van der Waals surface area contributed by atoms with Crippen LogP contribution in [0.2, 0.25) is 0 Å². The number of carbonyl (C=O) groups excluding carboxylic acids is 1. The fraction of sp³-hybridized carbons (Fsp3) is 0.125. The first-order valence-corrected chi connectivity index (χ1v) is 6.88. The van der Waals surface area contributed by atoms with Crippen molar-refractivity contribution in [3.8, 4) is 22.8 Å². The van der Waals surface area contributed by atoms with E-state index in [0.717, 1.165) is 16.8 Å². The molecule has 0 aliphatic carbocycles. The van der Waals surface area contributed by atoms with E-state index in [4.69, 9.17) is 4.74 Å². The Morgan fingerprint density at radius 1 is 1.26 bits per heavy atom. The number of nitrogens with zero attached hydrogens (tertiary/aromatic N) is 4. The monoisotopic (exact) mass is 308 g/mol. The highest BCUT2D eigenvalue weighted by Gasteiger charge is 2.07. The van der Waals surface area contributed by atoms with Crippen molar-refractivity contribution in [1.29, 1.82) is 0 Å². The predicted molar refractivity (Wildman–Crippen MR) is 84.8 cm³/mol. The number of rotatable bonds is 5. The Morgan fingerprint density at radius 2 is 2.13 bits per heavy atom. The minimum atomic E-state index is 0.427. The molecule has 0 fully saturated rings. The van der Waals surface area contributed by atoms with Gasteiger partial charge in [-0.25, -0.2) is 4.98 Å². The second-order valence-electron chi connectivity index (χ2n) is 4.94. The molecule has 1 amide bonds. The van der Waals surface area contributed by atoms with Crippen molar-refractivity contribution in [3.05, 3.63) is 48.5 Å². The molecule has 3 aromatic heterocycles. The molecule has 0 aliphatic rings. The summed E-state index contributed by atoms with van der Waals surface area (Å²) in [6.45, 7) is 1.87. The van der Waals surface area contributed by atoms with E-state index in [1.807, 2.05) is 26.2 Å². The summed E-state index contributed by atoms with van der Waals surface area (Å²) < 4.78 is 7.57. The first-order valence-electron chi connectivity index (χ1n) is 6.88. The first kappa shape index (κ1) is 14.7. The number of ether oxygens (including phenoxy) is 1. The molecule has 7 nitrogen and oxygen atoms in total. The van der Waals surface area contributed by atoms with Crippen molar-refractivity contribution in [1.82, 2.24) is 19.7 Å². The molecule has 0 saturated heterocycles. The lowest BCUT2D eigenvalue weighted by Crippen LogP contribution is -1.98. The highest BCUT2D eigenvalue weighted by Crippen LogP contribution is 2.28. The Morgan fingerprint density at radius 3 is 2.83 bits per heavy atom. The summed E-state index contributed by atoms with van der Waals surface area (Å²) in [6.07, 6.45) is 8.45. The van der Waals surface area contributed by atoms with Crippen LogP contribution >= 0.6 is 0 Å². The van der Waals surface area contributed by atoms with E-state index >= 15 is 0 Å². The minimum absolute atomic E-state index is 0.427. The first-order chi connectivity index (χ1) is 11.2. The van der Waals surface area contributed by atoms with Gasteiger partial charge in [0.05, 0.1) is 18.1 Å². The maximum atomic E-state index is 10.3. The third-order valence-electron chi connectivity index (χ3n) is 3.20. The van der Waals surface area contributed by atoms with Crippen LogP contribution < -0.4 is 10.1 Å². The normalized spacial score (nSPS) is 10.3. The lowest BCUT2D eigenvalue weighted by Gasteiger charge is -2.09. The molecule has 1 radical (unpaired) electrons. The Kier molecular flexibility index (Phi) is 4.01. The molecule has 23 heavy (non-hydrogen) atoms. The van der Waals surface area contributed by atoms with Crippen molar-refractivity contribution >= 4 is 12.2 Å². The molecule has 0 atom stereocenters. The molecule has 115 valence electrons. The molecule has 0 unspecified atom stereocenters. The molecule has 3 heterocycles. The van der Waals surface area contributed by atoms with Crippen LogP contribution in [0, 0.1) is 6.92 Å². The summed E-state index contributed by atoms with van der Waals surface area (Å²) in [4.78, 5) is 18.7. The zero-order valence-corrected chi connectivity index (χ0v) is 12.6. The molecule has 7 heteroatoms. The molecular weight excluding hydrogens is 294 g/mol. The zero-order valence-electron chi connectivity index (χ0n) is 12.6. The molecule has 0 spiro atoms. The maximum Gasteiger partial charge on any atom is 0.315 e. The smallest absolute Gasteiger partial charge is 0.315 e. The average molecular weight is 308 g/mol. The van der Waals surface area contributed by atoms with Gasteiger partial charge in [0.15, 0.2) is 0 Å². The second-order valence-corrected chi connectivity index (χ2v) is 4.94. The average Bonchev–Trinajstić information content (AvgIpc) is 2.97. The van der Waals surface area contributed by atoms with Crippen molar-refractivity contribution < 1.29 is 9.53 Å². The van der Waals surface area contributed by atoms with E-state index < -0.39 is 0 Å². The van der Waals surface area contributed by atoms with Crippen LogP contribution in [0.4, 0.5) is 5.82 Å². The number of aromatic nitrogens is 4. The van der Waals surface area contributed by atoms with Crippen LogP contribution in [-0.2, 0) is 11.8 Å². The summed E-state index contributed by atoms with van der Waals surface area (Å²) in [6, 6.07) is 5.32. The summed E-state index contributed by atoms with van der Waals surface area (Å²) in [5.74, 6) is 1.67. The number of aryl methyl sites for hydroxylation is 2. The zero-order chi connectivity index (χ0) is 16.2. The molecule has 3 aromatic rings. The van der Waals surface area contributed by atoms with E-state index in [1.165, 1.54) is 0 Å². The molecular formula is C16H14N5O2. The van der Waals surface area contributed by atoms with E-state index in [9.17, 15) is 4.79 Å². The lowest BCUT2D eigenvalue weighted by atomic mass is 10.2. The highest BCUT2D eigenvalue weighted by atomic mass is 16.5. The van der Waals surface area contributed by atoms with Crippen molar-refractivity contribution in [2.75, 3.05) is 5.32 Å². The van der Waals surface area contributed by atoms with Gasteiger partial charge in [-0.1, -0.05) is 0 Å². The van der Waals surface area contributed by atoms with Crippen molar-refractivity contribution in [2.45, 2.75) is 6.92 Å². The van der Waals surface area contributed by atoms with E-state index in [1.54, 1.807) is 41.8 Å². The predicted octanol–water partition coefficient (Wildman–Crippen LogP) is 2.46. The van der Waals surface area contributed by atoms with Crippen LogP contribution in [0.15, 0.2) is 43.0 Å². The van der Waals surface area contributed by atoms with E-state index in [2.05, 4.69) is 20.4 Å². The lowest BCUT2D eigenvalue weighted by molar-refractivity contribution is 0.476. The summed E-state index contributed by atoms with van der Waals surface area (Å²) in [5.41, 5.74) is 2.53. The number of hydrogen-bond donors (Lipinski definition) is 1. The summed E-state index contributed by atoms with van der Waals surface area (Å²) in [7, 11) is 1.85. The molecule has 0 aliphatic heterocycles. The van der Waals surface area contributed by atoms with Gasteiger partial charge in [-0.3, -0.25) is 14.5 Å². The van der Waals surface area contributed by atoms with Crippen molar-refractivity contribution in [2.24, 2.45) is 7.05 Å². The van der Waals surface area contributed by atoms with E-state index in [0.29, 0.717) is 17.3 Å². The van der Waals surface area contributed by atoms with Gasteiger partial charge in [-0.05, 0) is 24.6 Å². The Hall–Kier alpha value is -3.22. The number of anilines is 1. The fourth-order valence-corrected chi connectivity index (χ4v) is 2.08. The van der Waals surface area contributed by atoms with Gasteiger partial charge in [-0.2, -0.15) is 5.10 Å². The minimum Gasteiger partial charge on any atom is -0.455 e. The molecule has 0 saturated carbocycles. The third kappa shape index (κ3) is 3.34. The van der Waals surface area contributed by atoms with Gasteiger partial charge in [0.25, 0.3) is 0 Å².